The zero-order valence-electron chi connectivity index (χ0n) is 25.1. The molecule has 6 rings (SSSR count). The van der Waals surface area contributed by atoms with E-state index in [2.05, 4.69) is 43.0 Å². The molecule has 0 spiro atoms. The van der Waals surface area contributed by atoms with Gasteiger partial charge in [0.2, 0.25) is 0 Å². The molecule has 0 bridgehead atoms. The topological polar surface area (TPSA) is 97.9 Å². The highest BCUT2D eigenvalue weighted by Gasteiger charge is 2.40. The SMILES string of the molecule is CC1(Oc2ccc3[nH]nc(-c4cc(N5CCN(CCOCCOCCOCCC6CCCC6)CC5)ncn4)c3c2)CC1. The van der Waals surface area contributed by atoms with E-state index in [4.69, 9.17) is 18.9 Å². The van der Waals surface area contributed by atoms with Crippen LogP contribution in [0.3, 0.4) is 0 Å². The number of aromatic nitrogens is 4. The van der Waals surface area contributed by atoms with E-state index in [1.165, 1.54) is 32.1 Å². The Labute approximate surface area is 249 Å². The molecular weight excluding hydrogens is 532 g/mol. The summed E-state index contributed by atoms with van der Waals surface area (Å²) < 4.78 is 23.4. The Balaban J connectivity index is 0.880. The monoisotopic (exact) mass is 578 g/mol. The average Bonchev–Trinajstić information content (AvgIpc) is 3.36. The minimum absolute atomic E-state index is 0.0224. The van der Waals surface area contributed by atoms with Crippen molar-refractivity contribution in [2.75, 3.05) is 77.3 Å². The van der Waals surface area contributed by atoms with Crippen molar-refractivity contribution < 1.29 is 18.9 Å². The van der Waals surface area contributed by atoms with Gasteiger partial charge in [-0.25, -0.2) is 9.97 Å². The molecule has 0 radical (unpaired) electrons. The predicted octanol–water partition coefficient (Wildman–Crippen LogP) is 4.70. The molecule has 10 nitrogen and oxygen atoms in total. The quantitative estimate of drug-likeness (QED) is 0.243. The van der Waals surface area contributed by atoms with Crippen LogP contribution in [0.25, 0.3) is 22.3 Å². The summed E-state index contributed by atoms with van der Waals surface area (Å²) in [6.45, 7) is 11.0. The number of fused-ring (bicyclic) bond motifs is 1. The van der Waals surface area contributed by atoms with E-state index < -0.39 is 0 Å². The van der Waals surface area contributed by atoms with Crippen LogP contribution in [0.2, 0.25) is 0 Å². The maximum absolute atomic E-state index is 6.19. The molecule has 42 heavy (non-hydrogen) atoms. The van der Waals surface area contributed by atoms with E-state index in [0.717, 1.165) is 98.6 Å². The van der Waals surface area contributed by atoms with Crippen molar-refractivity contribution in [3.8, 4) is 17.1 Å². The van der Waals surface area contributed by atoms with Gasteiger partial charge in [0.15, 0.2) is 0 Å². The molecule has 1 saturated heterocycles. The van der Waals surface area contributed by atoms with Crippen molar-refractivity contribution in [3.05, 3.63) is 30.6 Å². The second kappa shape index (κ2) is 14.1. The molecule has 1 aromatic carbocycles. The van der Waals surface area contributed by atoms with Gasteiger partial charge in [0.05, 0.1) is 44.2 Å². The normalized spacial score (nSPS) is 19.1. The van der Waals surface area contributed by atoms with Crippen LogP contribution in [0.5, 0.6) is 5.75 Å². The zero-order chi connectivity index (χ0) is 28.6. The third-order valence-corrected chi connectivity index (χ3v) is 8.89. The summed E-state index contributed by atoms with van der Waals surface area (Å²) >= 11 is 0. The highest BCUT2D eigenvalue weighted by Crippen LogP contribution is 2.40. The van der Waals surface area contributed by atoms with Crippen molar-refractivity contribution in [2.24, 2.45) is 5.92 Å². The van der Waals surface area contributed by atoms with Gasteiger partial charge in [0.25, 0.3) is 0 Å². The smallest absolute Gasteiger partial charge is 0.132 e. The van der Waals surface area contributed by atoms with Crippen molar-refractivity contribution in [1.29, 1.82) is 0 Å². The molecule has 0 atom stereocenters. The molecule has 3 fully saturated rings. The number of piperazine rings is 1. The minimum Gasteiger partial charge on any atom is -0.488 e. The van der Waals surface area contributed by atoms with Gasteiger partial charge < -0.3 is 23.8 Å². The van der Waals surface area contributed by atoms with E-state index in [0.29, 0.717) is 26.4 Å². The lowest BCUT2D eigenvalue weighted by Gasteiger charge is -2.35. The molecule has 10 heteroatoms. The van der Waals surface area contributed by atoms with Gasteiger partial charge >= 0.3 is 0 Å². The van der Waals surface area contributed by atoms with Gasteiger partial charge in [-0.1, -0.05) is 25.7 Å². The first kappa shape index (κ1) is 29.3. The highest BCUT2D eigenvalue weighted by atomic mass is 16.5. The second-order valence-corrected chi connectivity index (χ2v) is 12.2. The number of hydrogen-bond donors (Lipinski definition) is 1. The van der Waals surface area contributed by atoms with Crippen LogP contribution in [0, 0.1) is 5.92 Å². The summed E-state index contributed by atoms with van der Waals surface area (Å²) in [6.07, 6.45) is 10.6. The van der Waals surface area contributed by atoms with Crippen LogP contribution in [-0.2, 0) is 14.2 Å². The molecule has 228 valence electrons. The van der Waals surface area contributed by atoms with E-state index in [9.17, 15) is 0 Å². The number of nitrogens with zero attached hydrogens (tertiary/aromatic N) is 5. The fourth-order valence-corrected chi connectivity index (χ4v) is 5.95. The zero-order valence-corrected chi connectivity index (χ0v) is 25.1. The van der Waals surface area contributed by atoms with Gasteiger partial charge in [0, 0.05) is 50.8 Å². The molecule has 2 saturated carbocycles. The van der Waals surface area contributed by atoms with E-state index in [-0.39, 0.29) is 5.60 Å². The number of rotatable bonds is 16. The van der Waals surface area contributed by atoms with Crippen LogP contribution >= 0.6 is 0 Å². The number of benzene rings is 1. The Hall–Kier alpha value is -2.79. The first-order valence-corrected chi connectivity index (χ1v) is 15.9. The van der Waals surface area contributed by atoms with Crippen molar-refractivity contribution >= 4 is 16.7 Å². The van der Waals surface area contributed by atoms with Gasteiger partial charge in [-0.05, 0) is 50.3 Å². The Morgan fingerprint density at radius 2 is 1.62 bits per heavy atom. The van der Waals surface area contributed by atoms with Crippen molar-refractivity contribution in [2.45, 2.75) is 57.5 Å². The standard InChI is InChI=1S/C32H46N6O4/c1-32(9-10-32)42-26-6-7-28-27(22-26)31(36-35-28)29-23-30(34-24-33-29)38-13-11-37(12-14-38)15-17-40-19-21-41-20-18-39-16-8-25-4-2-3-5-25/h6-7,22-25H,2-5,8-21H2,1H3,(H,35,36). The lowest BCUT2D eigenvalue weighted by atomic mass is 10.1. The predicted molar refractivity (Wildman–Crippen MR) is 163 cm³/mol. The van der Waals surface area contributed by atoms with Crippen LogP contribution in [0.1, 0.15) is 51.9 Å². The van der Waals surface area contributed by atoms with E-state index in [1.807, 2.05) is 18.2 Å². The summed E-state index contributed by atoms with van der Waals surface area (Å²) in [7, 11) is 0. The Bertz CT molecular complexity index is 1270. The molecule has 2 aromatic heterocycles. The third-order valence-electron chi connectivity index (χ3n) is 8.89. The molecule has 0 unspecified atom stereocenters. The second-order valence-electron chi connectivity index (χ2n) is 12.2. The van der Waals surface area contributed by atoms with Gasteiger partial charge in [0.1, 0.15) is 29.2 Å². The van der Waals surface area contributed by atoms with Crippen LogP contribution in [0.15, 0.2) is 30.6 Å². The maximum atomic E-state index is 6.19. The van der Waals surface area contributed by atoms with Gasteiger partial charge in [-0.2, -0.15) is 5.10 Å². The lowest BCUT2D eigenvalue weighted by Crippen LogP contribution is -2.47. The number of aromatic amines is 1. The molecule has 1 N–H and O–H groups in total. The van der Waals surface area contributed by atoms with Gasteiger partial charge in [-0.15, -0.1) is 0 Å². The molecule has 3 aliphatic rings. The number of H-pyrrole nitrogens is 1. The Morgan fingerprint density at radius 1 is 0.881 bits per heavy atom. The molecule has 1 aliphatic heterocycles. The minimum atomic E-state index is -0.0224. The molecule has 3 aromatic rings. The van der Waals surface area contributed by atoms with Crippen LogP contribution < -0.4 is 9.64 Å². The van der Waals surface area contributed by atoms with E-state index >= 15 is 0 Å². The molecule has 3 heterocycles. The summed E-state index contributed by atoms with van der Waals surface area (Å²) in [5.74, 6) is 2.70. The first-order valence-electron chi connectivity index (χ1n) is 15.9. The van der Waals surface area contributed by atoms with Crippen LogP contribution in [-0.4, -0.2) is 103 Å². The average molecular weight is 579 g/mol. The largest absolute Gasteiger partial charge is 0.488 e. The Kier molecular flexibility index (Phi) is 9.85. The molecule has 2 aliphatic carbocycles. The first-order chi connectivity index (χ1) is 20.7. The maximum Gasteiger partial charge on any atom is 0.132 e. The van der Waals surface area contributed by atoms with Gasteiger partial charge in [-0.3, -0.25) is 10.00 Å². The van der Waals surface area contributed by atoms with Crippen molar-refractivity contribution in [1.82, 2.24) is 25.1 Å². The number of hydrogen-bond acceptors (Lipinski definition) is 9. The third kappa shape index (κ3) is 7.98. The highest BCUT2D eigenvalue weighted by molar-refractivity contribution is 5.93. The summed E-state index contributed by atoms with van der Waals surface area (Å²) in [5.41, 5.74) is 2.59. The van der Waals surface area contributed by atoms with Crippen LogP contribution in [0.4, 0.5) is 5.82 Å². The summed E-state index contributed by atoms with van der Waals surface area (Å²) in [4.78, 5) is 13.9. The lowest BCUT2D eigenvalue weighted by molar-refractivity contribution is 0.00848. The number of anilines is 1. The molecule has 0 amide bonds. The summed E-state index contributed by atoms with van der Waals surface area (Å²) in [5, 5.41) is 8.73. The fourth-order valence-electron chi connectivity index (χ4n) is 5.95. The Morgan fingerprint density at radius 3 is 2.38 bits per heavy atom. The number of nitrogens with one attached hydrogen (secondary N) is 1. The fraction of sp³-hybridized carbons (Fsp3) is 0.656. The van der Waals surface area contributed by atoms with E-state index in [1.54, 1.807) is 6.33 Å². The summed E-state index contributed by atoms with van der Waals surface area (Å²) in [6, 6.07) is 8.15. The molecular formula is C32H46N6O4. The number of ether oxygens (including phenoxy) is 4. The van der Waals surface area contributed by atoms with Crippen molar-refractivity contribution in [3.63, 3.8) is 0 Å².